The fourth-order valence-electron chi connectivity index (χ4n) is 1.37. The van der Waals surface area contributed by atoms with Crippen LogP contribution in [0.3, 0.4) is 0 Å². The molecule has 0 spiro atoms. The van der Waals surface area contributed by atoms with Crippen LogP contribution in [-0.4, -0.2) is 28.0 Å². The van der Waals surface area contributed by atoms with Gasteiger partial charge in [0.15, 0.2) is 0 Å². The Bertz CT molecular complexity index is 374. The minimum Gasteiger partial charge on any atom is -0.372 e. The van der Waals surface area contributed by atoms with E-state index in [1.54, 1.807) is 30.3 Å². The molecule has 14 heavy (non-hydrogen) atoms. The predicted molar refractivity (Wildman–Crippen MR) is 48.2 cm³/mol. The van der Waals surface area contributed by atoms with Crippen molar-refractivity contribution in [2.24, 2.45) is 0 Å². The third-order valence-corrected chi connectivity index (χ3v) is 2.16. The summed E-state index contributed by atoms with van der Waals surface area (Å²) in [5.41, 5.74) is 0.416. The van der Waals surface area contributed by atoms with Crippen LogP contribution in [0.25, 0.3) is 0 Å². The number of hydrogen-bond donors (Lipinski definition) is 1. The zero-order valence-electron chi connectivity index (χ0n) is 7.38. The number of imide groups is 1. The van der Waals surface area contributed by atoms with Gasteiger partial charge in [-0.1, -0.05) is 18.2 Å². The molecular weight excluding hydrogens is 182 g/mol. The van der Waals surface area contributed by atoms with E-state index in [1.807, 2.05) is 0 Å². The monoisotopic (exact) mass is 191 g/mol. The highest BCUT2D eigenvalue weighted by molar-refractivity contribution is 6.07. The molecule has 1 unspecified atom stereocenters. The number of rotatable bonds is 1. The molecule has 4 heteroatoms. The van der Waals surface area contributed by atoms with Gasteiger partial charge in [0, 0.05) is 5.56 Å². The number of amides is 2. The minimum absolute atomic E-state index is 0.0403. The summed E-state index contributed by atoms with van der Waals surface area (Å²) in [4.78, 5) is 23.5. The van der Waals surface area contributed by atoms with Gasteiger partial charge in [-0.25, -0.2) is 0 Å². The summed E-state index contributed by atoms with van der Waals surface area (Å²) in [6, 6.07) is 8.43. The summed E-state index contributed by atoms with van der Waals surface area (Å²) in [6.07, 6.45) is -0.909. The number of likely N-dealkylation sites (tertiary alicyclic amines) is 1. The lowest BCUT2D eigenvalue weighted by Crippen LogP contribution is -2.55. The van der Waals surface area contributed by atoms with E-state index >= 15 is 0 Å². The maximum Gasteiger partial charge on any atom is 0.262 e. The Balaban J connectivity index is 2.21. The zero-order valence-corrected chi connectivity index (χ0v) is 7.38. The summed E-state index contributed by atoms with van der Waals surface area (Å²) in [5.74, 6) is -0.763. The summed E-state index contributed by atoms with van der Waals surface area (Å²) in [6.45, 7) is 0. The second-order valence-electron chi connectivity index (χ2n) is 3.12. The van der Waals surface area contributed by atoms with Crippen molar-refractivity contribution in [1.29, 1.82) is 0 Å². The second kappa shape index (κ2) is 3.23. The third-order valence-electron chi connectivity index (χ3n) is 2.16. The van der Waals surface area contributed by atoms with Crippen LogP contribution in [-0.2, 0) is 4.79 Å². The standard InChI is InChI=1S/C10H9NO3/c12-8-6-9(13)11(8)10(14)7-4-2-1-3-5-7/h1-5,8,12H,6H2. The van der Waals surface area contributed by atoms with E-state index in [2.05, 4.69) is 0 Å². The molecular formula is C10H9NO3. The highest BCUT2D eigenvalue weighted by atomic mass is 16.3. The fraction of sp³-hybridized carbons (Fsp3) is 0.200. The van der Waals surface area contributed by atoms with E-state index in [0.29, 0.717) is 5.56 Å². The Hall–Kier alpha value is -1.68. The summed E-state index contributed by atoms with van der Waals surface area (Å²) >= 11 is 0. The molecule has 4 nitrogen and oxygen atoms in total. The Kier molecular flexibility index (Phi) is 2.05. The number of benzene rings is 1. The van der Waals surface area contributed by atoms with Gasteiger partial charge >= 0.3 is 0 Å². The number of aliphatic hydroxyl groups excluding tert-OH is 1. The summed E-state index contributed by atoms with van der Waals surface area (Å²) in [7, 11) is 0. The molecule has 0 aromatic heterocycles. The van der Waals surface area contributed by atoms with E-state index in [1.165, 1.54) is 0 Å². The number of nitrogens with zero attached hydrogens (tertiary/aromatic N) is 1. The van der Waals surface area contributed by atoms with Gasteiger partial charge in [-0.3, -0.25) is 14.5 Å². The number of carbonyl (C=O) groups is 2. The van der Waals surface area contributed by atoms with Gasteiger partial charge in [0.25, 0.3) is 5.91 Å². The first-order valence-corrected chi connectivity index (χ1v) is 4.29. The molecule has 1 aromatic rings. The minimum atomic E-state index is -0.949. The molecule has 1 heterocycles. The first kappa shape index (κ1) is 8.90. The van der Waals surface area contributed by atoms with E-state index in [9.17, 15) is 14.7 Å². The van der Waals surface area contributed by atoms with Crippen LogP contribution >= 0.6 is 0 Å². The highest BCUT2D eigenvalue weighted by Crippen LogP contribution is 2.19. The van der Waals surface area contributed by atoms with Gasteiger partial charge in [0.1, 0.15) is 6.23 Å². The van der Waals surface area contributed by atoms with Crippen molar-refractivity contribution >= 4 is 11.8 Å². The van der Waals surface area contributed by atoms with Gasteiger partial charge in [0.05, 0.1) is 6.42 Å². The quantitative estimate of drug-likeness (QED) is 0.515. The van der Waals surface area contributed by atoms with Crippen LogP contribution in [0.2, 0.25) is 0 Å². The lowest BCUT2D eigenvalue weighted by atomic mass is 10.1. The van der Waals surface area contributed by atoms with Crippen molar-refractivity contribution in [3.05, 3.63) is 35.9 Å². The van der Waals surface area contributed by atoms with Crippen molar-refractivity contribution < 1.29 is 14.7 Å². The first-order valence-electron chi connectivity index (χ1n) is 4.29. The fourth-order valence-corrected chi connectivity index (χ4v) is 1.37. The number of carbonyl (C=O) groups excluding carboxylic acids is 2. The van der Waals surface area contributed by atoms with E-state index in [-0.39, 0.29) is 12.3 Å². The first-order chi connectivity index (χ1) is 6.70. The van der Waals surface area contributed by atoms with Gasteiger partial charge in [0.2, 0.25) is 5.91 Å². The molecule has 1 N–H and O–H groups in total. The largest absolute Gasteiger partial charge is 0.372 e. The molecule has 0 aliphatic carbocycles. The molecule has 72 valence electrons. The van der Waals surface area contributed by atoms with Gasteiger partial charge in [-0.2, -0.15) is 0 Å². The molecule has 1 aliphatic rings. The molecule has 0 bridgehead atoms. The van der Waals surface area contributed by atoms with Crippen molar-refractivity contribution in [3.8, 4) is 0 Å². The van der Waals surface area contributed by atoms with Gasteiger partial charge in [-0.05, 0) is 12.1 Å². The van der Waals surface area contributed by atoms with Crippen LogP contribution in [0, 0.1) is 0 Å². The number of β-lactam (4-membered cyclic amide) rings is 1. The van der Waals surface area contributed by atoms with Gasteiger partial charge < -0.3 is 5.11 Å². The van der Waals surface area contributed by atoms with Crippen LogP contribution in [0.5, 0.6) is 0 Å². The van der Waals surface area contributed by atoms with Crippen molar-refractivity contribution in [2.45, 2.75) is 12.6 Å². The Labute approximate surface area is 80.8 Å². The maximum atomic E-state index is 11.6. The normalized spacial score (nSPS) is 20.5. The summed E-state index contributed by atoms with van der Waals surface area (Å²) in [5, 5.41) is 9.19. The SMILES string of the molecule is O=C1CC(O)N1C(=O)c1ccccc1. The maximum absolute atomic E-state index is 11.6. The van der Waals surface area contributed by atoms with Gasteiger partial charge in [-0.15, -0.1) is 0 Å². The Morgan fingerprint density at radius 3 is 2.50 bits per heavy atom. The van der Waals surface area contributed by atoms with Crippen LogP contribution < -0.4 is 0 Å². The highest BCUT2D eigenvalue weighted by Gasteiger charge is 2.39. The predicted octanol–water partition coefficient (Wildman–Crippen LogP) is 0.378. The third kappa shape index (κ3) is 1.29. The zero-order chi connectivity index (χ0) is 10.1. The average Bonchev–Trinajstić information content (AvgIpc) is 2.18. The second-order valence-corrected chi connectivity index (χ2v) is 3.12. The summed E-state index contributed by atoms with van der Waals surface area (Å²) < 4.78 is 0. The van der Waals surface area contributed by atoms with E-state index < -0.39 is 12.1 Å². The van der Waals surface area contributed by atoms with Crippen LogP contribution in [0.1, 0.15) is 16.8 Å². The molecule has 1 fully saturated rings. The Morgan fingerprint density at radius 2 is 2.00 bits per heavy atom. The lowest BCUT2D eigenvalue weighted by Gasteiger charge is -2.34. The number of hydrogen-bond acceptors (Lipinski definition) is 3. The Morgan fingerprint density at radius 1 is 1.36 bits per heavy atom. The van der Waals surface area contributed by atoms with E-state index in [4.69, 9.17) is 0 Å². The van der Waals surface area contributed by atoms with Crippen LogP contribution in [0.4, 0.5) is 0 Å². The molecule has 2 rings (SSSR count). The van der Waals surface area contributed by atoms with Crippen LogP contribution in [0.15, 0.2) is 30.3 Å². The molecule has 0 saturated carbocycles. The van der Waals surface area contributed by atoms with Crippen molar-refractivity contribution in [1.82, 2.24) is 4.90 Å². The number of aliphatic hydroxyl groups is 1. The smallest absolute Gasteiger partial charge is 0.262 e. The van der Waals surface area contributed by atoms with E-state index in [0.717, 1.165) is 4.90 Å². The molecule has 1 atom stereocenters. The molecule has 2 amide bonds. The van der Waals surface area contributed by atoms with Crippen molar-refractivity contribution in [2.75, 3.05) is 0 Å². The molecule has 1 saturated heterocycles. The molecule has 1 aliphatic heterocycles. The topological polar surface area (TPSA) is 57.6 Å². The van der Waals surface area contributed by atoms with Crippen molar-refractivity contribution in [3.63, 3.8) is 0 Å². The molecule has 1 aromatic carbocycles. The molecule has 0 radical (unpaired) electrons. The average molecular weight is 191 g/mol. The lowest BCUT2D eigenvalue weighted by molar-refractivity contribution is -0.156.